The van der Waals surface area contributed by atoms with Crippen LogP contribution < -0.4 is 24.8 Å². The first-order chi connectivity index (χ1) is 12.3. The van der Waals surface area contributed by atoms with Gasteiger partial charge in [-0.05, 0) is 24.3 Å². The zero-order valence-electron chi connectivity index (χ0n) is 14.0. The zero-order valence-corrected chi connectivity index (χ0v) is 14.0. The monoisotopic (exact) mass is 370 g/mol. The lowest BCUT2D eigenvalue weighted by atomic mass is 10.2. The van der Waals surface area contributed by atoms with Gasteiger partial charge in [0.05, 0.1) is 20.8 Å². The second-order valence-corrected chi connectivity index (χ2v) is 5.08. The van der Waals surface area contributed by atoms with Crippen LogP contribution in [-0.2, 0) is 4.79 Å². The number of halogens is 3. The van der Waals surface area contributed by atoms with Crippen molar-refractivity contribution in [1.82, 2.24) is 0 Å². The van der Waals surface area contributed by atoms with Crippen LogP contribution in [0.4, 0.5) is 24.5 Å². The lowest BCUT2D eigenvalue weighted by Gasteiger charge is -2.12. The number of methoxy groups -OCH3 is 2. The van der Waals surface area contributed by atoms with Gasteiger partial charge in [-0.15, -0.1) is 13.2 Å². The van der Waals surface area contributed by atoms with E-state index in [-0.39, 0.29) is 18.2 Å². The third-order valence-corrected chi connectivity index (χ3v) is 3.18. The van der Waals surface area contributed by atoms with Gasteiger partial charge < -0.3 is 24.8 Å². The first kappa shape index (κ1) is 19.2. The molecule has 0 spiro atoms. The van der Waals surface area contributed by atoms with Crippen molar-refractivity contribution in [2.45, 2.75) is 6.36 Å². The molecule has 0 fully saturated rings. The second-order valence-electron chi connectivity index (χ2n) is 5.08. The van der Waals surface area contributed by atoms with Crippen molar-refractivity contribution in [2.75, 3.05) is 31.4 Å². The standard InChI is InChI=1S/C17H17F3N2O4/c1-24-14-7-12(8-15(9-14)25-2)22-16(23)10-21-11-3-5-13(6-4-11)26-17(18,19)20/h3-9,21H,10H2,1-2H3,(H,22,23). The summed E-state index contributed by atoms with van der Waals surface area (Å²) in [4.78, 5) is 12.0. The number of hydrogen-bond acceptors (Lipinski definition) is 5. The lowest BCUT2D eigenvalue weighted by molar-refractivity contribution is -0.274. The van der Waals surface area contributed by atoms with Gasteiger partial charge in [0.15, 0.2) is 0 Å². The molecule has 1 amide bonds. The number of amides is 1. The molecule has 0 saturated heterocycles. The predicted molar refractivity (Wildman–Crippen MR) is 89.8 cm³/mol. The highest BCUT2D eigenvalue weighted by atomic mass is 19.4. The molecular formula is C17H17F3N2O4. The molecule has 9 heteroatoms. The summed E-state index contributed by atoms with van der Waals surface area (Å²) in [6.07, 6.45) is -4.74. The molecular weight excluding hydrogens is 353 g/mol. The van der Waals surface area contributed by atoms with Crippen LogP contribution in [0.2, 0.25) is 0 Å². The Labute approximate surface area is 147 Å². The number of benzene rings is 2. The Balaban J connectivity index is 1.91. The van der Waals surface area contributed by atoms with Gasteiger partial charge in [0.1, 0.15) is 17.2 Å². The summed E-state index contributed by atoms with van der Waals surface area (Å²) in [6.45, 7) is -0.0843. The van der Waals surface area contributed by atoms with Gasteiger partial charge in [-0.3, -0.25) is 4.79 Å². The molecule has 0 unspecified atom stereocenters. The Morgan fingerprint density at radius 1 is 0.923 bits per heavy atom. The molecule has 0 aliphatic carbocycles. The molecule has 0 aliphatic rings. The highest BCUT2D eigenvalue weighted by Crippen LogP contribution is 2.26. The molecule has 2 N–H and O–H groups in total. The smallest absolute Gasteiger partial charge is 0.497 e. The Morgan fingerprint density at radius 3 is 2.00 bits per heavy atom. The molecule has 0 atom stereocenters. The first-order valence-corrected chi connectivity index (χ1v) is 7.41. The number of hydrogen-bond donors (Lipinski definition) is 2. The minimum atomic E-state index is -4.74. The number of nitrogens with one attached hydrogen (secondary N) is 2. The molecule has 0 saturated carbocycles. The van der Waals surface area contributed by atoms with Crippen LogP contribution in [0, 0.1) is 0 Å². The number of anilines is 2. The average Bonchev–Trinajstić information content (AvgIpc) is 2.59. The van der Waals surface area contributed by atoms with E-state index in [1.807, 2.05) is 0 Å². The van der Waals surface area contributed by atoms with E-state index in [1.54, 1.807) is 18.2 Å². The molecule has 0 aromatic heterocycles. The molecule has 6 nitrogen and oxygen atoms in total. The van der Waals surface area contributed by atoms with Crippen molar-refractivity contribution in [3.05, 3.63) is 42.5 Å². The van der Waals surface area contributed by atoms with Crippen molar-refractivity contribution < 1.29 is 32.2 Å². The Kier molecular flexibility index (Phi) is 6.16. The van der Waals surface area contributed by atoms with Crippen molar-refractivity contribution in [3.63, 3.8) is 0 Å². The Hall–Kier alpha value is -3.10. The van der Waals surface area contributed by atoms with Crippen molar-refractivity contribution >= 4 is 17.3 Å². The molecule has 0 heterocycles. The van der Waals surface area contributed by atoms with Crippen LogP contribution in [0.3, 0.4) is 0 Å². The fraction of sp³-hybridized carbons (Fsp3) is 0.235. The Bertz CT molecular complexity index is 726. The van der Waals surface area contributed by atoms with Crippen LogP contribution in [0.25, 0.3) is 0 Å². The summed E-state index contributed by atoms with van der Waals surface area (Å²) >= 11 is 0. The van der Waals surface area contributed by atoms with E-state index in [4.69, 9.17) is 9.47 Å². The van der Waals surface area contributed by atoms with Gasteiger partial charge in [-0.2, -0.15) is 0 Å². The summed E-state index contributed by atoms with van der Waals surface area (Å²) in [5.41, 5.74) is 0.958. The van der Waals surface area contributed by atoms with E-state index in [1.165, 1.54) is 26.4 Å². The maximum atomic E-state index is 12.1. The maximum Gasteiger partial charge on any atom is 0.573 e. The summed E-state index contributed by atoms with van der Waals surface area (Å²) < 4.78 is 50.3. The van der Waals surface area contributed by atoms with Gasteiger partial charge in [0.25, 0.3) is 0 Å². The lowest BCUT2D eigenvalue weighted by Crippen LogP contribution is -2.21. The number of alkyl halides is 3. The van der Waals surface area contributed by atoms with Crippen LogP contribution in [-0.4, -0.2) is 33.0 Å². The van der Waals surface area contributed by atoms with E-state index >= 15 is 0 Å². The van der Waals surface area contributed by atoms with Gasteiger partial charge in [0, 0.05) is 29.6 Å². The van der Waals surface area contributed by atoms with Crippen molar-refractivity contribution in [2.24, 2.45) is 0 Å². The fourth-order valence-corrected chi connectivity index (χ4v) is 2.04. The van der Waals surface area contributed by atoms with Crippen LogP contribution in [0.1, 0.15) is 0 Å². The molecule has 0 aliphatic heterocycles. The second kappa shape index (κ2) is 8.32. The van der Waals surface area contributed by atoms with Crippen molar-refractivity contribution in [1.29, 1.82) is 0 Å². The highest BCUT2D eigenvalue weighted by molar-refractivity contribution is 5.94. The number of carbonyl (C=O) groups excluding carboxylic acids is 1. The van der Waals surface area contributed by atoms with E-state index in [2.05, 4.69) is 15.4 Å². The molecule has 140 valence electrons. The fourth-order valence-electron chi connectivity index (χ4n) is 2.04. The van der Waals surface area contributed by atoms with Crippen molar-refractivity contribution in [3.8, 4) is 17.2 Å². The van der Waals surface area contributed by atoms with Crippen LogP contribution >= 0.6 is 0 Å². The maximum absolute atomic E-state index is 12.1. The van der Waals surface area contributed by atoms with Crippen LogP contribution in [0.15, 0.2) is 42.5 Å². The van der Waals surface area contributed by atoms with Crippen LogP contribution in [0.5, 0.6) is 17.2 Å². The summed E-state index contributed by atoms with van der Waals surface area (Å²) in [7, 11) is 2.99. The van der Waals surface area contributed by atoms with Gasteiger partial charge in [-0.1, -0.05) is 0 Å². The topological polar surface area (TPSA) is 68.8 Å². The van der Waals surface area contributed by atoms with E-state index in [0.717, 1.165) is 12.1 Å². The van der Waals surface area contributed by atoms with Gasteiger partial charge >= 0.3 is 6.36 Å². The number of rotatable bonds is 7. The zero-order chi connectivity index (χ0) is 19.2. The molecule has 0 bridgehead atoms. The molecule has 26 heavy (non-hydrogen) atoms. The SMILES string of the molecule is COc1cc(NC(=O)CNc2ccc(OC(F)(F)F)cc2)cc(OC)c1. The minimum Gasteiger partial charge on any atom is -0.497 e. The molecule has 0 radical (unpaired) electrons. The Morgan fingerprint density at radius 2 is 1.50 bits per heavy atom. The summed E-state index contributed by atoms with van der Waals surface area (Å²) in [5, 5.41) is 5.47. The predicted octanol–water partition coefficient (Wildman–Crippen LogP) is 3.65. The van der Waals surface area contributed by atoms with E-state index in [0.29, 0.717) is 22.9 Å². The minimum absolute atomic E-state index is 0.0843. The quantitative estimate of drug-likeness (QED) is 0.779. The largest absolute Gasteiger partial charge is 0.573 e. The average molecular weight is 370 g/mol. The molecule has 2 rings (SSSR count). The number of carbonyl (C=O) groups is 1. The van der Waals surface area contributed by atoms with E-state index < -0.39 is 6.36 Å². The van der Waals surface area contributed by atoms with Gasteiger partial charge in [-0.25, -0.2) is 0 Å². The van der Waals surface area contributed by atoms with E-state index in [9.17, 15) is 18.0 Å². The first-order valence-electron chi connectivity index (χ1n) is 7.41. The summed E-state index contributed by atoms with van der Waals surface area (Å²) in [5.74, 6) is 0.354. The molecule has 2 aromatic rings. The highest BCUT2D eigenvalue weighted by Gasteiger charge is 2.30. The third-order valence-electron chi connectivity index (χ3n) is 3.18. The normalized spacial score (nSPS) is 10.8. The molecule has 2 aromatic carbocycles. The number of ether oxygens (including phenoxy) is 3. The third kappa shape index (κ3) is 6.08. The summed E-state index contributed by atoms with van der Waals surface area (Å²) in [6, 6.07) is 9.99. The van der Waals surface area contributed by atoms with Gasteiger partial charge in [0.2, 0.25) is 5.91 Å².